The molecule has 35 heavy (non-hydrogen) atoms. The Kier molecular flexibility index (Phi) is 7.56. The molecule has 0 aliphatic carbocycles. The number of hydrogen-bond donors (Lipinski definition) is 3. The molecule has 1 fully saturated rings. The predicted molar refractivity (Wildman–Crippen MR) is 134 cm³/mol. The van der Waals surface area contributed by atoms with Crippen molar-refractivity contribution in [1.82, 2.24) is 4.72 Å². The number of carboxylic acids is 1. The Labute approximate surface area is 211 Å². The second-order valence-corrected chi connectivity index (χ2v) is 11.6. The highest BCUT2D eigenvalue weighted by atomic mass is 35.5. The molecule has 1 aliphatic rings. The maximum atomic E-state index is 13.4. The first kappa shape index (κ1) is 25.3. The third kappa shape index (κ3) is 6.46. The van der Waals surface area contributed by atoms with Crippen LogP contribution >= 0.6 is 22.9 Å². The molecule has 11 heteroatoms. The molecule has 0 bridgehead atoms. The number of aryl methyl sites for hydroxylation is 1. The summed E-state index contributed by atoms with van der Waals surface area (Å²) in [5.74, 6) is -3.08. The Bertz CT molecular complexity index is 1360. The fourth-order valence-corrected chi connectivity index (χ4v) is 6.79. The van der Waals surface area contributed by atoms with Crippen molar-refractivity contribution in [3.05, 3.63) is 75.9 Å². The van der Waals surface area contributed by atoms with Crippen molar-refractivity contribution in [3.63, 3.8) is 0 Å². The van der Waals surface area contributed by atoms with Gasteiger partial charge in [-0.3, -0.25) is 9.59 Å². The number of halogens is 2. The number of hydrogen-bond acceptors (Lipinski definition) is 5. The van der Waals surface area contributed by atoms with Crippen LogP contribution in [0.4, 0.5) is 10.1 Å². The summed E-state index contributed by atoms with van der Waals surface area (Å²) < 4.78 is 41.1. The number of sulfonamides is 1. The van der Waals surface area contributed by atoms with E-state index in [-0.39, 0.29) is 23.6 Å². The smallest absolute Gasteiger partial charge is 0.303 e. The van der Waals surface area contributed by atoms with Gasteiger partial charge in [-0.25, -0.2) is 17.5 Å². The summed E-state index contributed by atoms with van der Waals surface area (Å²) in [5.41, 5.74) is 2.14. The molecule has 0 spiro atoms. The van der Waals surface area contributed by atoms with Crippen molar-refractivity contribution in [1.29, 1.82) is 0 Å². The lowest BCUT2D eigenvalue weighted by molar-refractivity contribution is -0.137. The molecule has 0 radical (unpaired) electrons. The van der Waals surface area contributed by atoms with E-state index in [9.17, 15) is 22.4 Å². The Hall–Kier alpha value is -2.79. The first-order chi connectivity index (χ1) is 16.6. The average molecular weight is 537 g/mol. The Balaban J connectivity index is 1.47. The molecule has 2 atom stereocenters. The monoisotopic (exact) mass is 536 g/mol. The number of carboxylic acid groups (broad SMARTS) is 1. The summed E-state index contributed by atoms with van der Waals surface area (Å²) in [6, 6.07) is 14.5. The highest BCUT2D eigenvalue weighted by Gasteiger charge is 2.36. The summed E-state index contributed by atoms with van der Waals surface area (Å²) in [6.45, 7) is 0. The minimum atomic E-state index is -3.69. The van der Waals surface area contributed by atoms with E-state index < -0.39 is 39.7 Å². The molecule has 184 valence electrons. The number of benzene rings is 2. The molecule has 3 N–H and O–H groups in total. The SMILES string of the molecule is O=C(O)CCc1ccc(-c2ccc(C3CC(C(=O)Nc4ccc(F)c(Cl)c4)CS(=O)(=O)N3)s2)cc1. The average Bonchev–Trinajstić information content (AvgIpc) is 3.30. The molecule has 0 saturated carbocycles. The number of anilines is 1. The van der Waals surface area contributed by atoms with Gasteiger partial charge in [0, 0.05) is 21.9 Å². The largest absolute Gasteiger partial charge is 0.481 e. The van der Waals surface area contributed by atoms with Gasteiger partial charge < -0.3 is 10.4 Å². The van der Waals surface area contributed by atoms with E-state index in [4.69, 9.17) is 16.7 Å². The van der Waals surface area contributed by atoms with Crippen LogP contribution in [0, 0.1) is 11.7 Å². The highest BCUT2D eigenvalue weighted by molar-refractivity contribution is 7.89. The normalized spacial score (nSPS) is 19.3. The van der Waals surface area contributed by atoms with E-state index >= 15 is 0 Å². The van der Waals surface area contributed by atoms with Gasteiger partial charge in [0.15, 0.2) is 0 Å². The van der Waals surface area contributed by atoms with Gasteiger partial charge in [-0.1, -0.05) is 35.9 Å². The Morgan fingerprint density at radius 1 is 1.14 bits per heavy atom. The van der Waals surface area contributed by atoms with Crippen molar-refractivity contribution in [2.24, 2.45) is 5.92 Å². The number of carbonyl (C=O) groups is 2. The third-order valence-electron chi connectivity index (χ3n) is 5.66. The fraction of sp³-hybridized carbons (Fsp3) is 0.250. The van der Waals surface area contributed by atoms with E-state index in [1.807, 2.05) is 36.4 Å². The van der Waals surface area contributed by atoms with Crippen LogP contribution in [0.3, 0.4) is 0 Å². The first-order valence-electron chi connectivity index (χ1n) is 10.8. The number of carbonyl (C=O) groups excluding carboxylic acids is 1. The summed E-state index contributed by atoms with van der Waals surface area (Å²) in [4.78, 5) is 25.3. The van der Waals surface area contributed by atoms with Gasteiger partial charge in [-0.15, -0.1) is 11.3 Å². The second-order valence-electron chi connectivity index (χ2n) is 8.30. The molecule has 4 rings (SSSR count). The van der Waals surface area contributed by atoms with Crippen LogP contribution in [0.15, 0.2) is 54.6 Å². The van der Waals surface area contributed by atoms with Crippen LogP contribution in [-0.2, 0) is 26.0 Å². The van der Waals surface area contributed by atoms with Crippen molar-refractivity contribution >= 4 is 50.5 Å². The van der Waals surface area contributed by atoms with Crippen LogP contribution in [0.25, 0.3) is 10.4 Å². The zero-order chi connectivity index (χ0) is 25.2. The van der Waals surface area contributed by atoms with E-state index in [0.29, 0.717) is 12.1 Å². The van der Waals surface area contributed by atoms with Gasteiger partial charge >= 0.3 is 5.97 Å². The lowest BCUT2D eigenvalue weighted by atomic mass is 9.99. The van der Waals surface area contributed by atoms with Crippen LogP contribution in [-0.4, -0.2) is 31.2 Å². The van der Waals surface area contributed by atoms with E-state index in [1.54, 1.807) is 0 Å². The van der Waals surface area contributed by atoms with Crippen LogP contribution in [0.1, 0.15) is 29.3 Å². The lowest BCUT2D eigenvalue weighted by Crippen LogP contribution is -2.44. The molecule has 2 unspecified atom stereocenters. The van der Waals surface area contributed by atoms with Gasteiger partial charge in [0.2, 0.25) is 15.9 Å². The molecular weight excluding hydrogens is 515 g/mol. The van der Waals surface area contributed by atoms with Crippen molar-refractivity contribution < 1.29 is 27.5 Å². The zero-order valence-electron chi connectivity index (χ0n) is 18.3. The van der Waals surface area contributed by atoms with Crippen molar-refractivity contribution in [2.45, 2.75) is 25.3 Å². The van der Waals surface area contributed by atoms with E-state index in [0.717, 1.165) is 26.9 Å². The standard InChI is InChI=1S/C24H22ClFN2O5S2/c25-18-12-17(6-7-19(18)26)27-24(31)16-11-20(28-35(32,33)13-16)22-9-8-21(34-22)15-4-1-14(2-5-15)3-10-23(29)30/h1-2,4-9,12,16,20,28H,3,10-11,13H2,(H,27,31)(H,29,30). The molecule has 1 saturated heterocycles. The minimum Gasteiger partial charge on any atom is -0.481 e. The first-order valence-corrected chi connectivity index (χ1v) is 13.6. The topological polar surface area (TPSA) is 113 Å². The number of thiophene rings is 1. The summed E-state index contributed by atoms with van der Waals surface area (Å²) in [7, 11) is -3.69. The van der Waals surface area contributed by atoms with Crippen molar-refractivity contribution in [3.8, 4) is 10.4 Å². The maximum absolute atomic E-state index is 13.4. The molecule has 1 aromatic heterocycles. The van der Waals surface area contributed by atoms with Gasteiger partial charge in [-0.2, -0.15) is 0 Å². The summed E-state index contributed by atoms with van der Waals surface area (Å²) in [5, 5.41) is 11.3. The molecular formula is C24H22ClFN2O5S2. The lowest BCUT2D eigenvalue weighted by Gasteiger charge is -2.28. The van der Waals surface area contributed by atoms with E-state index in [2.05, 4.69) is 10.0 Å². The minimum absolute atomic E-state index is 0.0628. The molecule has 2 heterocycles. The van der Waals surface area contributed by atoms with Crippen LogP contribution < -0.4 is 10.0 Å². The molecule has 7 nitrogen and oxygen atoms in total. The second kappa shape index (κ2) is 10.4. The predicted octanol–water partition coefficient (Wildman–Crippen LogP) is 4.84. The number of aliphatic carboxylic acids is 1. The molecule has 3 aromatic rings. The number of nitrogens with one attached hydrogen (secondary N) is 2. The van der Waals surface area contributed by atoms with Crippen LogP contribution in [0.2, 0.25) is 5.02 Å². The summed E-state index contributed by atoms with van der Waals surface area (Å²) >= 11 is 7.19. The number of amides is 1. The number of rotatable bonds is 7. The molecule has 2 aromatic carbocycles. The van der Waals surface area contributed by atoms with Gasteiger partial charge in [0.05, 0.1) is 22.7 Å². The zero-order valence-corrected chi connectivity index (χ0v) is 20.7. The quantitative estimate of drug-likeness (QED) is 0.400. The molecule has 1 aliphatic heterocycles. The highest BCUT2D eigenvalue weighted by Crippen LogP contribution is 2.36. The Morgan fingerprint density at radius 2 is 1.89 bits per heavy atom. The van der Waals surface area contributed by atoms with Gasteiger partial charge in [0.25, 0.3) is 0 Å². The summed E-state index contributed by atoms with van der Waals surface area (Å²) in [6.07, 6.45) is 0.782. The maximum Gasteiger partial charge on any atom is 0.303 e. The van der Waals surface area contributed by atoms with Crippen molar-refractivity contribution in [2.75, 3.05) is 11.1 Å². The fourth-order valence-electron chi connectivity index (χ4n) is 3.89. The van der Waals surface area contributed by atoms with Crippen LogP contribution in [0.5, 0.6) is 0 Å². The van der Waals surface area contributed by atoms with Gasteiger partial charge in [-0.05, 0) is 54.3 Å². The van der Waals surface area contributed by atoms with E-state index in [1.165, 1.54) is 23.5 Å². The molecule has 1 amide bonds. The van der Waals surface area contributed by atoms with Gasteiger partial charge in [0.1, 0.15) is 5.82 Å². The Morgan fingerprint density at radius 3 is 2.57 bits per heavy atom. The third-order valence-corrected chi connectivity index (χ3v) is 8.68.